The quantitative estimate of drug-likeness (QED) is 0.719. The number of carbonyl (C=O) groups excluding carboxylic acids is 1. The Morgan fingerprint density at radius 2 is 1.92 bits per heavy atom. The van der Waals surface area contributed by atoms with Crippen molar-refractivity contribution in [1.29, 1.82) is 0 Å². The number of hydrogen-bond donors (Lipinski definition) is 2. The second-order valence-electron chi connectivity index (χ2n) is 7.34. The van der Waals surface area contributed by atoms with Crippen LogP contribution < -0.4 is 5.32 Å². The van der Waals surface area contributed by atoms with E-state index in [1.807, 2.05) is 30.3 Å². The third-order valence-electron chi connectivity index (χ3n) is 5.10. The molecule has 0 bridgehead atoms. The molecule has 1 aliphatic carbocycles. The number of carbonyl (C=O) groups is 1. The van der Waals surface area contributed by atoms with Gasteiger partial charge in [0.2, 0.25) is 5.91 Å². The SMILES string of the molecule is CC(C)C(NC(=O)C1CC1c1ccccc1F)c1nc2ccccc2[nH]1. The van der Waals surface area contributed by atoms with Crippen molar-refractivity contribution < 1.29 is 9.18 Å². The molecule has 0 aliphatic heterocycles. The van der Waals surface area contributed by atoms with Gasteiger partial charge in [-0.1, -0.05) is 44.2 Å². The van der Waals surface area contributed by atoms with Gasteiger partial charge in [-0.3, -0.25) is 4.79 Å². The summed E-state index contributed by atoms with van der Waals surface area (Å²) in [5, 5.41) is 3.12. The second-order valence-corrected chi connectivity index (χ2v) is 7.34. The molecule has 26 heavy (non-hydrogen) atoms. The van der Waals surface area contributed by atoms with Crippen molar-refractivity contribution >= 4 is 16.9 Å². The maximum atomic E-state index is 13.9. The fourth-order valence-corrected chi connectivity index (χ4v) is 3.54. The van der Waals surface area contributed by atoms with E-state index < -0.39 is 0 Å². The van der Waals surface area contributed by atoms with Gasteiger partial charge in [0, 0.05) is 5.92 Å². The van der Waals surface area contributed by atoms with Crippen LogP contribution in [0.2, 0.25) is 0 Å². The summed E-state index contributed by atoms with van der Waals surface area (Å²) in [6.45, 7) is 4.11. The van der Waals surface area contributed by atoms with Crippen LogP contribution in [0.3, 0.4) is 0 Å². The predicted molar refractivity (Wildman–Crippen MR) is 99.1 cm³/mol. The van der Waals surface area contributed by atoms with Gasteiger partial charge in [-0.25, -0.2) is 9.37 Å². The first-order valence-electron chi connectivity index (χ1n) is 9.04. The fourth-order valence-electron chi connectivity index (χ4n) is 3.54. The van der Waals surface area contributed by atoms with E-state index in [9.17, 15) is 9.18 Å². The average Bonchev–Trinajstić information content (AvgIpc) is 3.30. The summed E-state index contributed by atoms with van der Waals surface area (Å²) in [5.41, 5.74) is 2.48. The van der Waals surface area contributed by atoms with Crippen LogP contribution in [-0.4, -0.2) is 15.9 Å². The number of imidazole rings is 1. The summed E-state index contributed by atoms with van der Waals surface area (Å²) in [4.78, 5) is 20.7. The fraction of sp³-hybridized carbons (Fsp3) is 0.333. The van der Waals surface area contributed by atoms with Crippen molar-refractivity contribution in [2.75, 3.05) is 0 Å². The lowest BCUT2D eigenvalue weighted by Gasteiger charge is -2.20. The number of halogens is 1. The zero-order valence-corrected chi connectivity index (χ0v) is 14.9. The molecule has 1 heterocycles. The third kappa shape index (κ3) is 3.09. The van der Waals surface area contributed by atoms with Crippen molar-refractivity contribution in [3.63, 3.8) is 0 Å². The Hall–Kier alpha value is -2.69. The van der Waals surface area contributed by atoms with E-state index in [1.165, 1.54) is 6.07 Å². The molecule has 0 spiro atoms. The Morgan fingerprint density at radius 3 is 2.65 bits per heavy atom. The molecule has 1 fully saturated rings. The molecule has 1 saturated carbocycles. The molecule has 4 nitrogen and oxygen atoms in total. The summed E-state index contributed by atoms with van der Waals surface area (Å²) in [5.74, 6) is 0.489. The maximum Gasteiger partial charge on any atom is 0.224 e. The van der Waals surface area contributed by atoms with Crippen molar-refractivity contribution in [2.45, 2.75) is 32.2 Å². The molecular formula is C21H22FN3O. The first kappa shape index (κ1) is 16.8. The monoisotopic (exact) mass is 351 g/mol. The molecule has 2 N–H and O–H groups in total. The largest absolute Gasteiger partial charge is 0.346 e. The molecular weight excluding hydrogens is 329 g/mol. The minimum absolute atomic E-state index is 0.0281. The maximum absolute atomic E-state index is 13.9. The van der Waals surface area contributed by atoms with Gasteiger partial charge in [-0.05, 0) is 42.0 Å². The van der Waals surface area contributed by atoms with E-state index in [-0.39, 0.29) is 35.5 Å². The van der Waals surface area contributed by atoms with Gasteiger partial charge in [0.25, 0.3) is 0 Å². The van der Waals surface area contributed by atoms with Gasteiger partial charge >= 0.3 is 0 Å². The third-order valence-corrected chi connectivity index (χ3v) is 5.10. The normalized spacial score (nSPS) is 20.3. The molecule has 2 aromatic carbocycles. The number of aromatic amines is 1. The molecule has 1 aliphatic rings. The molecule has 134 valence electrons. The van der Waals surface area contributed by atoms with Crippen LogP contribution in [0.1, 0.15) is 43.6 Å². The molecule has 3 unspecified atom stereocenters. The highest BCUT2D eigenvalue weighted by Gasteiger charge is 2.45. The number of fused-ring (bicyclic) bond motifs is 1. The lowest BCUT2D eigenvalue weighted by Crippen LogP contribution is -2.33. The smallest absolute Gasteiger partial charge is 0.224 e. The van der Waals surface area contributed by atoms with Crippen LogP contribution in [0.4, 0.5) is 4.39 Å². The highest BCUT2D eigenvalue weighted by atomic mass is 19.1. The number of nitrogens with zero attached hydrogens (tertiary/aromatic N) is 1. The molecule has 0 saturated heterocycles. The van der Waals surface area contributed by atoms with Crippen LogP contribution in [0.25, 0.3) is 11.0 Å². The van der Waals surface area contributed by atoms with Crippen LogP contribution >= 0.6 is 0 Å². The molecule has 0 radical (unpaired) electrons. The Bertz CT molecular complexity index is 916. The van der Waals surface area contributed by atoms with Crippen LogP contribution in [0.5, 0.6) is 0 Å². The number of para-hydroxylation sites is 2. The Kier molecular flexibility index (Phi) is 4.23. The van der Waals surface area contributed by atoms with Crippen LogP contribution in [-0.2, 0) is 4.79 Å². The van der Waals surface area contributed by atoms with Gasteiger partial charge in [-0.2, -0.15) is 0 Å². The number of amides is 1. The molecule has 1 amide bonds. The zero-order chi connectivity index (χ0) is 18.3. The first-order valence-corrected chi connectivity index (χ1v) is 9.04. The van der Waals surface area contributed by atoms with E-state index >= 15 is 0 Å². The van der Waals surface area contributed by atoms with Gasteiger partial charge in [0.05, 0.1) is 17.1 Å². The Morgan fingerprint density at radius 1 is 1.19 bits per heavy atom. The topological polar surface area (TPSA) is 57.8 Å². The van der Waals surface area contributed by atoms with Gasteiger partial charge in [0.15, 0.2) is 0 Å². The lowest BCUT2D eigenvalue weighted by atomic mass is 10.0. The highest BCUT2D eigenvalue weighted by Crippen LogP contribution is 2.48. The van der Waals surface area contributed by atoms with Crippen molar-refractivity contribution in [1.82, 2.24) is 15.3 Å². The summed E-state index contributed by atoms with van der Waals surface area (Å²) in [6, 6.07) is 14.3. The zero-order valence-electron chi connectivity index (χ0n) is 14.9. The minimum atomic E-state index is -0.231. The summed E-state index contributed by atoms with van der Waals surface area (Å²) < 4.78 is 13.9. The molecule has 4 rings (SSSR count). The predicted octanol–water partition coefficient (Wildman–Crippen LogP) is 4.32. The molecule has 1 aromatic heterocycles. The summed E-state index contributed by atoms with van der Waals surface area (Å²) in [7, 11) is 0. The number of H-pyrrole nitrogens is 1. The highest BCUT2D eigenvalue weighted by molar-refractivity contribution is 5.83. The van der Waals surface area contributed by atoms with Gasteiger partial charge in [-0.15, -0.1) is 0 Å². The van der Waals surface area contributed by atoms with E-state index in [2.05, 4.69) is 29.1 Å². The van der Waals surface area contributed by atoms with Gasteiger partial charge < -0.3 is 10.3 Å². The van der Waals surface area contributed by atoms with Crippen LogP contribution in [0, 0.1) is 17.7 Å². The summed E-state index contributed by atoms with van der Waals surface area (Å²) >= 11 is 0. The van der Waals surface area contributed by atoms with E-state index in [4.69, 9.17) is 0 Å². The Balaban J connectivity index is 1.51. The lowest BCUT2D eigenvalue weighted by molar-refractivity contribution is -0.123. The number of hydrogen-bond acceptors (Lipinski definition) is 2. The number of aromatic nitrogens is 2. The number of nitrogens with one attached hydrogen (secondary N) is 2. The molecule has 3 atom stereocenters. The number of benzene rings is 2. The van der Waals surface area contributed by atoms with Crippen LogP contribution in [0.15, 0.2) is 48.5 Å². The number of rotatable bonds is 5. The second kappa shape index (κ2) is 6.56. The minimum Gasteiger partial charge on any atom is -0.346 e. The van der Waals surface area contributed by atoms with E-state index in [0.29, 0.717) is 12.0 Å². The standard InChI is InChI=1S/C21H22FN3O/c1-12(2)19(20-23-17-9-5-6-10-18(17)24-20)25-21(26)15-11-14(15)13-7-3-4-8-16(13)22/h3-10,12,14-15,19H,11H2,1-2H3,(H,23,24)(H,25,26). The molecule has 5 heteroatoms. The first-order chi connectivity index (χ1) is 12.5. The van der Waals surface area contributed by atoms with Crippen molar-refractivity contribution in [3.8, 4) is 0 Å². The van der Waals surface area contributed by atoms with E-state index in [0.717, 1.165) is 16.9 Å². The van der Waals surface area contributed by atoms with Crippen molar-refractivity contribution in [3.05, 3.63) is 65.7 Å². The summed E-state index contributed by atoms with van der Waals surface area (Å²) in [6.07, 6.45) is 0.692. The van der Waals surface area contributed by atoms with E-state index in [1.54, 1.807) is 12.1 Å². The van der Waals surface area contributed by atoms with Gasteiger partial charge in [0.1, 0.15) is 11.6 Å². The Labute approximate surface area is 151 Å². The van der Waals surface area contributed by atoms with Crippen molar-refractivity contribution in [2.24, 2.45) is 11.8 Å². The average molecular weight is 351 g/mol. The molecule has 3 aromatic rings.